The minimum Gasteiger partial charge on any atom is -0.393 e. The Morgan fingerprint density at radius 1 is 1.67 bits per heavy atom. The van der Waals surface area contributed by atoms with Crippen LogP contribution >= 0.6 is 0 Å². The lowest BCUT2D eigenvalue weighted by molar-refractivity contribution is -0.0167. The second kappa shape index (κ2) is 3.75. The van der Waals surface area contributed by atoms with Gasteiger partial charge in [0.25, 0.3) is 0 Å². The molecule has 0 spiro atoms. The van der Waals surface area contributed by atoms with E-state index in [1.807, 2.05) is 6.92 Å². The van der Waals surface area contributed by atoms with E-state index >= 15 is 0 Å². The van der Waals surface area contributed by atoms with Gasteiger partial charge in [0, 0.05) is 0 Å². The number of aliphatic hydroxyl groups is 1. The molecule has 1 heterocycles. The standard InChI is InChI=1S/C10H21NO/c1-4-9-7-11-6-5-10(9,3)8(2)12/h8-9,11-12H,4-7H2,1-3H3. The Morgan fingerprint density at radius 3 is 2.75 bits per heavy atom. The molecule has 72 valence electrons. The SMILES string of the molecule is CCC1CNCCC1(C)C(C)O. The van der Waals surface area contributed by atoms with Gasteiger partial charge in [0.2, 0.25) is 0 Å². The minimum atomic E-state index is -0.176. The monoisotopic (exact) mass is 171 g/mol. The van der Waals surface area contributed by atoms with Crippen molar-refractivity contribution in [1.82, 2.24) is 5.32 Å². The summed E-state index contributed by atoms with van der Waals surface area (Å²) in [7, 11) is 0. The van der Waals surface area contributed by atoms with Gasteiger partial charge in [-0.05, 0) is 37.8 Å². The summed E-state index contributed by atoms with van der Waals surface area (Å²) >= 11 is 0. The largest absolute Gasteiger partial charge is 0.393 e. The number of piperidine rings is 1. The number of hydrogen-bond donors (Lipinski definition) is 2. The average Bonchev–Trinajstić information content (AvgIpc) is 2.05. The molecule has 0 aromatic rings. The van der Waals surface area contributed by atoms with E-state index in [1.54, 1.807) is 0 Å². The summed E-state index contributed by atoms with van der Waals surface area (Å²) in [5.74, 6) is 0.631. The van der Waals surface area contributed by atoms with E-state index in [4.69, 9.17) is 0 Å². The first-order valence-electron chi connectivity index (χ1n) is 5.00. The molecule has 2 heteroatoms. The second-order valence-electron chi connectivity index (χ2n) is 4.24. The van der Waals surface area contributed by atoms with Crippen LogP contribution in [0.3, 0.4) is 0 Å². The summed E-state index contributed by atoms with van der Waals surface area (Å²) < 4.78 is 0. The van der Waals surface area contributed by atoms with Gasteiger partial charge in [-0.15, -0.1) is 0 Å². The summed E-state index contributed by atoms with van der Waals surface area (Å²) in [6.07, 6.45) is 2.09. The van der Waals surface area contributed by atoms with Crippen LogP contribution in [-0.4, -0.2) is 24.3 Å². The summed E-state index contributed by atoms with van der Waals surface area (Å²) in [6.45, 7) is 8.47. The van der Waals surface area contributed by atoms with Crippen molar-refractivity contribution in [3.8, 4) is 0 Å². The van der Waals surface area contributed by atoms with Gasteiger partial charge in [-0.25, -0.2) is 0 Å². The molecule has 0 aliphatic carbocycles. The van der Waals surface area contributed by atoms with Gasteiger partial charge < -0.3 is 10.4 Å². The second-order valence-corrected chi connectivity index (χ2v) is 4.24. The van der Waals surface area contributed by atoms with Crippen LogP contribution in [-0.2, 0) is 0 Å². The van der Waals surface area contributed by atoms with Crippen LogP contribution < -0.4 is 5.32 Å². The summed E-state index contributed by atoms with van der Waals surface area (Å²) in [6, 6.07) is 0. The van der Waals surface area contributed by atoms with Gasteiger partial charge in [0.15, 0.2) is 0 Å². The molecule has 12 heavy (non-hydrogen) atoms. The van der Waals surface area contributed by atoms with Crippen molar-refractivity contribution in [2.75, 3.05) is 13.1 Å². The molecule has 3 unspecified atom stereocenters. The van der Waals surface area contributed by atoms with Crippen molar-refractivity contribution in [2.24, 2.45) is 11.3 Å². The molecule has 3 atom stereocenters. The van der Waals surface area contributed by atoms with E-state index in [0.717, 1.165) is 25.9 Å². The van der Waals surface area contributed by atoms with Crippen molar-refractivity contribution >= 4 is 0 Å². The Kier molecular flexibility index (Phi) is 3.13. The van der Waals surface area contributed by atoms with Gasteiger partial charge in [-0.2, -0.15) is 0 Å². The third kappa shape index (κ3) is 1.64. The van der Waals surface area contributed by atoms with E-state index in [2.05, 4.69) is 19.2 Å². The topological polar surface area (TPSA) is 32.3 Å². The Morgan fingerprint density at radius 2 is 2.33 bits per heavy atom. The predicted molar refractivity (Wildman–Crippen MR) is 51.1 cm³/mol. The average molecular weight is 171 g/mol. The number of rotatable bonds is 2. The minimum absolute atomic E-state index is 0.139. The Hall–Kier alpha value is -0.0800. The summed E-state index contributed by atoms with van der Waals surface area (Å²) in [5, 5.41) is 13.1. The maximum absolute atomic E-state index is 9.71. The fourth-order valence-corrected chi connectivity index (χ4v) is 2.23. The molecule has 1 saturated heterocycles. The van der Waals surface area contributed by atoms with Crippen molar-refractivity contribution in [3.63, 3.8) is 0 Å². The van der Waals surface area contributed by atoms with E-state index in [-0.39, 0.29) is 11.5 Å². The normalized spacial score (nSPS) is 39.5. The molecule has 1 aliphatic rings. The Balaban J connectivity index is 2.68. The lowest BCUT2D eigenvalue weighted by atomic mass is 9.68. The Bertz CT molecular complexity index is 147. The number of nitrogens with one attached hydrogen (secondary N) is 1. The van der Waals surface area contributed by atoms with Gasteiger partial charge in [-0.3, -0.25) is 0 Å². The van der Waals surface area contributed by atoms with Crippen LogP contribution in [0.4, 0.5) is 0 Å². The molecule has 1 fully saturated rings. The van der Waals surface area contributed by atoms with E-state index in [1.165, 1.54) is 0 Å². The van der Waals surface area contributed by atoms with Gasteiger partial charge in [-0.1, -0.05) is 20.3 Å². The first-order valence-corrected chi connectivity index (χ1v) is 5.00. The van der Waals surface area contributed by atoms with Crippen molar-refractivity contribution in [3.05, 3.63) is 0 Å². The highest BCUT2D eigenvalue weighted by Crippen LogP contribution is 2.38. The lowest BCUT2D eigenvalue weighted by Crippen LogP contribution is -2.48. The molecule has 0 radical (unpaired) electrons. The fourth-order valence-electron chi connectivity index (χ4n) is 2.23. The summed E-state index contributed by atoms with van der Waals surface area (Å²) in [4.78, 5) is 0. The molecule has 0 aromatic carbocycles. The maximum Gasteiger partial charge on any atom is 0.0569 e. The zero-order valence-corrected chi connectivity index (χ0v) is 8.43. The molecule has 0 saturated carbocycles. The maximum atomic E-state index is 9.71. The molecule has 1 rings (SSSR count). The highest BCUT2D eigenvalue weighted by Gasteiger charge is 2.38. The zero-order chi connectivity index (χ0) is 9.19. The molecular formula is C10H21NO. The van der Waals surface area contributed by atoms with Crippen LogP contribution in [0.5, 0.6) is 0 Å². The highest BCUT2D eigenvalue weighted by molar-refractivity contribution is 4.91. The molecule has 0 amide bonds. The van der Waals surface area contributed by atoms with E-state index in [0.29, 0.717) is 5.92 Å². The third-order valence-corrected chi connectivity index (χ3v) is 3.61. The highest BCUT2D eigenvalue weighted by atomic mass is 16.3. The predicted octanol–water partition coefficient (Wildman–Crippen LogP) is 1.39. The first-order chi connectivity index (χ1) is 5.61. The van der Waals surface area contributed by atoms with E-state index in [9.17, 15) is 5.11 Å². The molecule has 1 aliphatic heterocycles. The molecule has 2 nitrogen and oxygen atoms in total. The first kappa shape index (κ1) is 10.0. The van der Waals surface area contributed by atoms with Crippen LogP contribution in [0, 0.1) is 11.3 Å². The Labute approximate surface area is 75.4 Å². The van der Waals surface area contributed by atoms with Gasteiger partial charge in [0.05, 0.1) is 6.10 Å². The van der Waals surface area contributed by atoms with Gasteiger partial charge in [0.1, 0.15) is 0 Å². The van der Waals surface area contributed by atoms with Crippen molar-refractivity contribution in [2.45, 2.75) is 39.7 Å². The quantitative estimate of drug-likeness (QED) is 0.658. The van der Waals surface area contributed by atoms with Crippen LogP contribution in [0.25, 0.3) is 0 Å². The van der Waals surface area contributed by atoms with Crippen molar-refractivity contribution < 1.29 is 5.11 Å². The molecule has 0 aromatic heterocycles. The smallest absolute Gasteiger partial charge is 0.0569 e. The van der Waals surface area contributed by atoms with E-state index < -0.39 is 0 Å². The zero-order valence-electron chi connectivity index (χ0n) is 8.43. The molecular weight excluding hydrogens is 150 g/mol. The molecule has 0 bridgehead atoms. The summed E-state index contributed by atoms with van der Waals surface area (Å²) in [5.41, 5.74) is 0.139. The fraction of sp³-hybridized carbons (Fsp3) is 1.00. The number of hydrogen-bond acceptors (Lipinski definition) is 2. The van der Waals surface area contributed by atoms with Gasteiger partial charge >= 0.3 is 0 Å². The lowest BCUT2D eigenvalue weighted by Gasteiger charge is -2.43. The van der Waals surface area contributed by atoms with Crippen LogP contribution in [0.2, 0.25) is 0 Å². The third-order valence-electron chi connectivity index (χ3n) is 3.61. The van der Waals surface area contributed by atoms with Crippen LogP contribution in [0.1, 0.15) is 33.6 Å². The van der Waals surface area contributed by atoms with Crippen molar-refractivity contribution in [1.29, 1.82) is 0 Å². The van der Waals surface area contributed by atoms with Crippen LogP contribution in [0.15, 0.2) is 0 Å². The molecule has 2 N–H and O–H groups in total. The number of aliphatic hydroxyl groups excluding tert-OH is 1.